The van der Waals surface area contributed by atoms with E-state index < -0.39 is 13.4 Å². The minimum absolute atomic E-state index is 0.0282. The first kappa shape index (κ1) is 25.3. The number of nitrogen functional groups attached to an aromatic ring is 1. The van der Waals surface area contributed by atoms with Crippen molar-refractivity contribution in [2.75, 3.05) is 18.5 Å². The monoisotopic (exact) mass is 483 g/mol. The quantitative estimate of drug-likeness (QED) is 0.157. The molecule has 3 rings (SSSR count). The van der Waals surface area contributed by atoms with Gasteiger partial charge in [0.1, 0.15) is 17.3 Å². The van der Waals surface area contributed by atoms with Gasteiger partial charge in [-0.15, -0.1) is 0 Å². The number of ether oxygens (including phenoxy) is 2. The zero-order valence-electron chi connectivity index (χ0n) is 19.2. The lowest BCUT2D eigenvalue weighted by Gasteiger charge is -2.26. The van der Waals surface area contributed by atoms with Crippen molar-refractivity contribution in [3.05, 3.63) is 89.5 Å². The molecule has 5 N–H and O–H groups in total. The van der Waals surface area contributed by atoms with E-state index in [2.05, 4.69) is 5.32 Å². The molecule has 0 aliphatic heterocycles. The normalized spacial score (nSPS) is 13.5. The summed E-state index contributed by atoms with van der Waals surface area (Å²) in [5.74, 6) is -0.137. The Bertz CT molecular complexity index is 1110. The summed E-state index contributed by atoms with van der Waals surface area (Å²) in [5.41, 5.74) is 7.90. The van der Waals surface area contributed by atoms with Gasteiger partial charge >= 0.3 is 7.60 Å². The molecule has 0 aromatic heterocycles. The summed E-state index contributed by atoms with van der Waals surface area (Å²) in [6, 6.07) is 21.0. The average molecular weight is 484 g/mol. The summed E-state index contributed by atoms with van der Waals surface area (Å²) in [4.78, 5) is 11.1. The van der Waals surface area contributed by atoms with E-state index in [1.165, 1.54) is 0 Å². The summed E-state index contributed by atoms with van der Waals surface area (Å²) in [6.07, 6.45) is 0. The zero-order valence-corrected chi connectivity index (χ0v) is 20.1. The van der Waals surface area contributed by atoms with Gasteiger partial charge in [-0.2, -0.15) is 0 Å². The zero-order chi connectivity index (χ0) is 24.6. The van der Waals surface area contributed by atoms with Crippen molar-refractivity contribution in [3.8, 4) is 11.5 Å². The summed E-state index contributed by atoms with van der Waals surface area (Å²) < 4.78 is 30.4. The lowest BCUT2D eigenvalue weighted by Crippen LogP contribution is -2.15. The lowest BCUT2D eigenvalue weighted by atomic mass is 10.1. The van der Waals surface area contributed by atoms with Crippen LogP contribution in [-0.4, -0.2) is 23.9 Å². The van der Waals surface area contributed by atoms with Crippen LogP contribution in [0, 0.1) is 5.41 Å². The summed E-state index contributed by atoms with van der Waals surface area (Å²) in [6.45, 7) is 4.56. The minimum atomic E-state index is -4.25. The number of amidine groups is 1. The van der Waals surface area contributed by atoms with Crippen LogP contribution in [-0.2, 0) is 15.7 Å². The maximum Gasteiger partial charge on any atom is 0.355 e. The highest BCUT2D eigenvalue weighted by molar-refractivity contribution is 7.53. The van der Waals surface area contributed by atoms with Crippen LogP contribution in [0.15, 0.2) is 72.8 Å². The molecule has 0 radical (unpaired) electrons. The van der Waals surface area contributed by atoms with Crippen LogP contribution in [0.2, 0.25) is 0 Å². The highest BCUT2D eigenvalue weighted by atomic mass is 31.2. The van der Waals surface area contributed by atoms with Crippen LogP contribution >= 0.6 is 7.60 Å². The maximum atomic E-state index is 13.5. The van der Waals surface area contributed by atoms with Crippen molar-refractivity contribution in [3.63, 3.8) is 0 Å². The Morgan fingerprint density at radius 1 is 1.00 bits per heavy atom. The van der Waals surface area contributed by atoms with Crippen LogP contribution in [0.25, 0.3) is 0 Å². The smallest absolute Gasteiger partial charge is 0.355 e. The number of nitrogens with one attached hydrogen (secondary N) is 2. The molecule has 180 valence electrons. The first-order valence-electron chi connectivity index (χ1n) is 10.9. The standard InChI is InChI=1S/C25H30N3O5P/c1-3-31-22-14-20(15-23(16-22)32-4-2)25(28-21-12-10-19(11-13-21)24(26)27)34(29,30)33-17-18-8-6-5-7-9-18/h5-16,25,28H,3-4,17H2,1-2H3,(H3,26,27)(H,29,30). The number of hydrogen-bond acceptors (Lipinski definition) is 6. The minimum Gasteiger partial charge on any atom is -0.494 e. The average Bonchev–Trinajstić information content (AvgIpc) is 2.82. The van der Waals surface area contributed by atoms with E-state index in [9.17, 15) is 9.46 Å². The molecule has 0 saturated carbocycles. The largest absolute Gasteiger partial charge is 0.494 e. The molecule has 0 amide bonds. The van der Waals surface area contributed by atoms with Crippen molar-refractivity contribution in [2.24, 2.45) is 5.73 Å². The molecule has 2 atom stereocenters. The van der Waals surface area contributed by atoms with E-state index in [-0.39, 0.29) is 12.4 Å². The van der Waals surface area contributed by atoms with E-state index in [1.807, 2.05) is 44.2 Å². The number of rotatable bonds is 12. The molecule has 8 nitrogen and oxygen atoms in total. The lowest BCUT2D eigenvalue weighted by molar-refractivity contribution is 0.244. The van der Waals surface area contributed by atoms with Gasteiger partial charge < -0.3 is 29.9 Å². The third-order valence-electron chi connectivity index (χ3n) is 4.92. The highest BCUT2D eigenvalue weighted by Gasteiger charge is 2.35. The van der Waals surface area contributed by atoms with Crippen molar-refractivity contribution >= 4 is 19.1 Å². The molecule has 3 aromatic rings. The second kappa shape index (κ2) is 11.7. The van der Waals surface area contributed by atoms with Crippen LogP contribution in [0.3, 0.4) is 0 Å². The molecule has 3 aromatic carbocycles. The van der Waals surface area contributed by atoms with Crippen LogP contribution < -0.4 is 20.5 Å². The molecule has 0 spiro atoms. The van der Waals surface area contributed by atoms with Crippen molar-refractivity contribution < 1.29 is 23.5 Å². The molecule has 0 aliphatic rings. The number of benzene rings is 3. The predicted molar refractivity (Wildman–Crippen MR) is 134 cm³/mol. The van der Waals surface area contributed by atoms with Crippen molar-refractivity contribution in [1.29, 1.82) is 5.41 Å². The molecule has 0 aliphatic carbocycles. The second-order valence-corrected chi connectivity index (χ2v) is 9.37. The van der Waals surface area contributed by atoms with Gasteiger partial charge in [-0.05, 0) is 61.4 Å². The summed E-state index contributed by atoms with van der Waals surface area (Å²) >= 11 is 0. The first-order chi connectivity index (χ1) is 16.3. The molecule has 9 heteroatoms. The van der Waals surface area contributed by atoms with Gasteiger partial charge in [0.25, 0.3) is 0 Å². The van der Waals surface area contributed by atoms with Crippen LogP contribution in [0.1, 0.15) is 36.3 Å². The molecular weight excluding hydrogens is 453 g/mol. The van der Waals surface area contributed by atoms with Gasteiger partial charge in [-0.25, -0.2) is 0 Å². The Morgan fingerprint density at radius 2 is 1.59 bits per heavy atom. The molecule has 0 heterocycles. The van der Waals surface area contributed by atoms with Crippen LogP contribution in [0.4, 0.5) is 5.69 Å². The van der Waals surface area contributed by atoms with Gasteiger partial charge in [-0.3, -0.25) is 9.97 Å². The highest BCUT2D eigenvalue weighted by Crippen LogP contribution is 2.57. The Kier molecular flexibility index (Phi) is 8.71. The SMILES string of the molecule is CCOc1cc(OCC)cc(C(Nc2ccc(C(=N)N)cc2)P(=O)(O)OCc2ccccc2)c1. The molecule has 0 saturated heterocycles. The van der Waals surface area contributed by atoms with E-state index in [0.717, 1.165) is 5.56 Å². The molecule has 34 heavy (non-hydrogen) atoms. The van der Waals surface area contributed by atoms with Gasteiger partial charge in [0.05, 0.1) is 19.8 Å². The maximum absolute atomic E-state index is 13.5. The number of nitrogens with two attached hydrogens (primary N) is 1. The number of anilines is 1. The topological polar surface area (TPSA) is 127 Å². The van der Waals surface area contributed by atoms with Gasteiger partial charge in [0.2, 0.25) is 0 Å². The Hall–Kier alpha value is -3.32. The summed E-state index contributed by atoms with van der Waals surface area (Å²) in [5, 5.41) is 10.7. The van der Waals surface area contributed by atoms with E-state index in [4.69, 9.17) is 25.1 Å². The Labute approximate surface area is 199 Å². The van der Waals surface area contributed by atoms with E-state index in [0.29, 0.717) is 41.5 Å². The fourth-order valence-corrected chi connectivity index (χ4v) is 4.65. The first-order valence-corrected chi connectivity index (χ1v) is 12.6. The third kappa shape index (κ3) is 6.84. The third-order valence-corrected chi connectivity index (χ3v) is 6.50. The van der Waals surface area contributed by atoms with Crippen molar-refractivity contribution in [1.82, 2.24) is 0 Å². The van der Waals surface area contributed by atoms with Gasteiger partial charge in [0, 0.05) is 17.3 Å². The molecule has 0 fully saturated rings. The van der Waals surface area contributed by atoms with E-state index in [1.54, 1.807) is 42.5 Å². The van der Waals surface area contributed by atoms with E-state index >= 15 is 0 Å². The molecular formula is C25H30N3O5P. The second-order valence-electron chi connectivity index (χ2n) is 7.46. The Morgan fingerprint density at radius 3 is 2.12 bits per heavy atom. The fraction of sp³-hybridized carbons (Fsp3) is 0.240. The van der Waals surface area contributed by atoms with Gasteiger partial charge in [-0.1, -0.05) is 30.3 Å². The Balaban J connectivity index is 1.98. The predicted octanol–water partition coefficient (Wildman–Crippen LogP) is 5.28. The molecule has 0 bridgehead atoms. The molecule has 2 unspecified atom stereocenters. The van der Waals surface area contributed by atoms with Crippen molar-refractivity contribution in [2.45, 2.75) is 26.2 Å². The van der Waals surface area contributed by atoms with Gasteiger partial charge in [0.15, 0.2) is 5.78 Å². The van der Waals surface area contributed by atoms with Crippen LogP contribution in [0.5, 0.6) is 11.5 Å². The fourth-order valence-electron chi connectivity index (χ4n) is 3.32. The number of hydrogen-bond donors (Lipinski definition) is 4. The summed E-state index contributed by atoms with van der Waals surface area (Å²) in [7, 11) is -4.25.